The minimum atomic E-state index is -5.03. The van der Waals surface area contributed by atoms with Gasteiger partial charge in [-0.05, 0) is 173 Å². The molecule has 6 aromatic rings. The van der Waals surface area contributed by atoms with E-state index in [4.69, 9.17) is 57.6 Å². The number of hydrazone groups is 3. The smallest absolute Gasteiger partial charge is 0.443 e. The molecule has 692 valence electrons. The van der Waals surface area contributed by atoms with Gasteiger partial charge in [-0.1, -0.05) is 36.4 Å². The Balaban J connectivity index is 0.000000453. The molecule has 6 aromatic carbocycles. The second-order valence-electron chi connectivity index (χ2n) is 27.9. The Morgan fingerprint density at radius 3 is 1.27 bits per heavy atom. The summed E-state index contributed by atoms with van der Waals surface area (Å²) in [6.07, 6.45) is -39.2. The maximum Gasteiger partial charge on any atom is 1.00 e. The summed E-state index contributed by atoms with van der Waals surface area (Å²) in [7, 11) is 0. The molecule has 4 aliphatic heterocycles. The molecular weight excluding hydrogens is 1850 g/mol. The van der Waals surface area contributed by atoms with E-state index in [1.54, 1.807) is 25.7 Å². The third kappa shape index (κ3) is 38.3. The zero-order valence-corrected chi connectivity index (χ0v) is 76.1. The Morgan fingerprint density at radius 1 is 0.583 bits per heavy atom. The molecule has 4 heterocycles. The van der Waals surface area contributed by atoms with Crippen LogP contribution in [0.2, 0.25) is 0 Å². The van der Waals surface area contributed by atoms with Crippen LogP contribution in [0.5, 0.6) is 0 Å². The Bertz CT molecular complexity index is 4550. The first-order valence-corrected chi connectivity index (χ1v) is 36.8. The first kappa shape index (κ1) is 113. The van der Waals surface area contributed by atoms with Crippen LogP contribution in [-0.2, 0) is 94.4 Å². The molecule has 8 N–H and O–H groups in total. The number of halogens is 24. The van der Waals surface area contributed by atoms with Crippen molar-refractivity contribution in [2.75, 3.05) is 58.4 Å². The van der Waals surface area contributed by atoms with E-state index >= 15 is 0 Å². The van der Waals surface area contributed by atoms with Crippen LogP contribution in [0.25, 0.3) is 0 Å². The summed E-state index contributed by atoms with van der Waals surface area (Å²) in [6, 6.07) is 17.7. The fraction of sp³-hybridized carbons (Fsp3) is 0.429. The van der Waals surface area contributed by atoms with Crippen molar-refractivity contribution < 1.29 is 263 Å². The van der Waals surface area contributed by atoms with Gasteiger partial charge in [-0.15, -0.1) is 24.0 Å². The van der Waals surface area contributed by atoms with Crippen molar-refractivity contribution in [3.05, 3.63) is 218 Å². The predicted octanol–water partition coefficient (Wildman–Crippen LogP) is 11.2. The van der Waals surface area contributed by atoms with Gasteiger partial charge in [0, 0.05) is 33.1 Å². The standard InChI is InChI=1S/C27H31F7N4O4.C24H22F7N3O3.C20H18F7NO2.C4H8ClN3O.C2H2FO3.ClH.2K/c1-15(17-11-18(26(29,30)31)13-19(12-17)27(32,33)34)41-23-22(16-5-7-20(28)8-6-16)38(9-10-40-23)14-21(35)36-37-24(39)42-25(2,3)4;1-13(15-8-16(23(26,27)28)10-17(9-15)24(29,30)31)37-22-21(14-2-4-18(25)5-3-14)34(6-7-36-22)12-19-11-20(35)33-32-19;1-11(13-8-14(19(22,23)24)10-15(9-13)20(25,26)27)30-18-17(28-6-7-29-18)12-2-4-16(21)5-3-12;1-3(9)7-8-4(6)2-5;3-1-5-6-2-4;;;/h5-8,11-13,15,22-23H,9-10,14H2,1-4H3,(H2,35,36)(H,37,39);2-5,8-10,13,21-22H,6-7,11-12H2,1H3,(H,33,35);2-5,8-11,17-18,28H,6-7H2,1H3;2H2,1H3,(H2,6,8)(H,7,9);1-2H;1H;;/q;;;;-1;;2*+1/t15-,22+,23-;13-,21+,22-;11-,17?,18-;;;;;/m111...../s1/i;;;;2D;;;. The number of hydrogen-bond acceptors (Lipinski definition) is 19. The summed E-state index contributed by atoms with van der Waals surface area (Å²) in [5.74, 6) is -1.78. The minimum Gasteiger partial charge on any atom is -0.443 e. The zero-order valence-electron chi connectivity index (χ0n) is 69.3. The third-order valence-electron chi connectivity index (χ3n) is 17.3. The van der Waals surface area contributed by atoms with Gasteiger partial charge in [0.25, 0.3) is 0 Å². The summed E-state index contributed by atoms with van der Waals surface area (Å²) in [5.41, 5.74) is 9.44. The van der Waals surface area contributed by atoms with Crippen LogP contribution in [0, 0.1) is 24.3 Å². The van der Waals surface area contributed by atoms with Crippen LogP contribution in [0.4, 0.5) is 101 Å². The van der Waals surface area contributed by atoms with Crippen LogP contribution in [0.15, 0.2) is 143 Å². The molecule has 3 saturated heterocycles. The largest absolute Gasteiger partial charge is 1.00 e. The molecule has 10 rings (SSSR count). The number of alkyl halides is 19. The van der Waals surface area contributed by atoms with Gasteiger partial charge in [0.1, 0.15) is 34.7 Å². The Morgan fingerprint density at radius 2 is 0.937 bits per heavy atom. The number of nitrogens with two attached hydrogens (primary N) is 2. The van der Waals surface area contributed by atoms with E-state index in [2.05, 4.69) is 46.7 Å². The zero-order chi connectivity index (χ0) is 93.5. The molecule has 1 unspecified atom stereocenters. The van der Waals surface area contributed by atoms with E-state index in [9.17, 15) is 116 Å². The number of carbonyl (C=O) groups is 4. The van der Waals surface area contributed by atoms with Gasteiger partial charge in [-0.25, -0.2) is 34.2 Å². The third-order valence-corrected chi connectivity index (χ3v) is 17.6. The summed E-state index contributed by atoms with van der Waals surface area (Å²) >= 11 is 5.23. The minimum absolute atomic E-state index is 0. The van der Waals surface area contributed by atoms with Crippen LogP contribution in [-0.4, -0.2) is 134 Å². The number of nitrogens with one attached hydrogen (secondary N) is 4. The Kier molecular flexibility index (Phi) is 45.8. The summed E-state index contributed by atoms with van der Waals surface area (Å²) < 4.78 is 336. The maximum absolute atomic E-state index is 13.7. The van der Waals surface area contributed by atoms with Crippen molar-refractivity contribution in [3.8, 4) is 0 Å². The SMILES string of the molecule is CC(=O)N/N=C(\N)CCl.C[C@@H](O[C@H]1OCCN(C/C(N)=N/NC(=O)OC(C)(C)C)[C@H]1c1ccc(F)cc1)c1cc(C(F)(F)F)cc(C(F)(F)F)c1.C[C@@H](O[C@H]1OCCN(CC2=NNC(=O)C2)[C@H]1c1ccc(F)cc1)c1cc(C(F)(F)F)cc(C(F)(F)F)c1.C[C@@H](O[C@H]1OCCNC1c1ccc(F)cc1)c1cc(C(F)(F)F)cc(C(F)(F)F)c1.Cl.[2H]C(=O)OO[CH-]F.[K+].[K+]. The second-order valence-corrected chi connectivity index (χ2v) is 28.1. The molecule has 50 heteroatoms. The monoisotopic (exact) mass is 1940 g/mol. The summed E-state index contributed by atoms with van der Waals surface area (Å²) in [4.78, 5) is 53.1. The first-order valence-electron chi connectivity index (χ1n) is 36.8. The molecular formula is C77H82Cl2F22K2N11O13+. The van der Waals surface area contributed by atoms with Crippen LogP contribution in [0.1, 0.15) is 159 Å². The molecule has 3 fully saturated rings. The van der Waals surface area contributed by atoms with Gasteiger partial charge >= 0.3 is 152 Å². The molecule has 0 aliphatic carbocycles. The van der Waals surface area contributed by atoms with Crippen LogP contribution < -0.4 is 136 Å². The topological polar surface area (TPSA) is 295 Å². The maximum atomic E-state index is 13.7. The van der Waals surface area contributed by atoms with Gasteiger partial charge in [-0.3, -0.25) is 24.2 Å². The van der Waals surface area contributed by atoms with Gasteiger partial charge < -0.3 is 64.1 Å². The quantitative estimate of drug-likeness (QED) is 0.00449. The number of morpholine rings is 3. The molecule has 24 nitrogen and oxygen atoms in total. The number of benzene rings is 6. The van der Waals surface area contributed by atoms with Crippen molar-refractivity contribution >= 4 is 65.7 Å². The normalized spacial score (nSPS) is 19.3. The number of nitrogens with zero attached hydrogens (tertiary/aromatic N) is 5. The number of amides is 3. The van der Waals surface area contributed by atoms with E-state index < -0.39 is 161 Å². The van der Waals surface area contributed by atoms with Gasteiger partial charge in [-0.2, -0.15) is 94.3 Å². The van der Waals surface area contributed by atoms with E-state index in [-0.39, 0.29) is 232 Å². The predicted molar refractivity (Wildman–Crippen MR) is 404 cm³/mol. The van der Waals surface area contributed by atoms with Gasteiger partial charge in [0.2, 0.25) is 11.8 Å². The average Bonchev–Trinajstić information content (AvgIpc) is 1.03. The number of carbonyl (C=O) groups excluding carboxylic acids is 4. The fourth-order valence-electron chi connectivity index (χ4n) is 11.8. The molecule has 127 heavy (non-hydrogen) atoms. The van der Waals surface area contributed by atoms with Crippen molar-refractivity contribution in [2.24, 2.45) is 26.8 Å². The molecule has 3 amide bonds. The van der Waals surface area contributed by atoms with Crippen molar-refractivity contribution in [1.29, 1.82) is 0 Å². The van der Waals surface area contributed by atoms with Crippen LogP contribution >= 0.6 is 24.0 Å². The number of rotatable bonds is 21. The second kappa shape index (κ2) is 51.5. The van der Waals surface area contributed by atoms with E-state index in [1.807, 2.05) is 4.90 Å². The van der Waals surface area contributed by atoms with Crippen molar-refractivity contribution in [2.45, 2.75) is 153 Å². The Hall–Kier alpha value is -6.48. The fourth-order valence-corrected chi connectivity index (χ4v) is 11.8. The van der Waals surface area contributed by atoms with Crippen LogP contribution in [0.3, 0.4) is 0 Å². The summed E-state index contributed by atoms with van der Waals surface area (Å²) in [5, 5.41) is 14.3. The van der Waals surface area contributed by atoms with E-state index in [0.29, 0.717) is 71.9 Å². The molecule has 9 atom stereocenters. The van der Waals surface area contributed by atoms with Gasteiger partial charge in [0.05, 0.1) is 114 Å². The Labute approximate surface area is 809 Å². The van der Waals surface area contributed by atoms with Crippen molar-refractivity contribution in [1.82, 2.24) is 31.4 Å². The molecule has 4 aliphatic rings. The number of hydrogen-bond donors (Lipinski definition) is 6. The van der Waals surface area contributed by atoms with E-state index in [0.717, 1.165) is 0 Å². The summed E-state index contributed by atoms with van der Waals surface area (Å²) in [6.45, 7) is 11.5. The van der Waals surface area contributed by atoms with E-state index in [1.165, 1.54) is 100 Å². The molecule has 0 saturated carbocycles. The number of amidine groups is 2. The molecule has 0 spiro atoms. The first-order chi connectivity index (χ1) is 58.0. The number of ether oxygens (including phenoxy) is 7. The molecule has 0 aromatic heterocycles. The molecule has 0 radical (unpaired) electrons. The van der Waals surface area contributed by atoms with Crippen molar-refractivity contribution in [3.63, 3.8) is 0 Å². The molecule has 0 bridgehead atoms. The van der Waals surface area contributed by atoms with Gasteiger partial charge in [0.15, 0.2) is 20.2 Å². The average molecular weight is 1940 g/mol.